The Morgan fingerprint density at radius 2 is 1.52 bits per heavy atom. The standard InChI is InChI=1S/C21H25ClN2O3/c1-14(2)16-6-10-19(11-7-16)27-15(3)20(25)23-12-13-24-21(26)17-4-8-18(22)9-5-17/h4-11,14-15H,12-13H2,1-3H3,(H,23,25)(H,24,26). The first-order valence-corrected chi connectivity index (χ1v) is 9.32. The van der Waals surface area contributed by atoms with Gasteiger partial charge in [-0.3, -0.25) is 9.59 Å². The number of nitrogens with one attached hydrogen (secondary N) is 2. The number of ether oxygens (including phenoxy) is 1. The molecule has 0 fully saturated rings. The summed E-state index contributed by atoms with van der Waals surface area (Å²) in [6.07, 6.45) is -0.623. The van der Waals surface area contributed by atoms with Gasteiger partial charge in [0.05, 0.1) is 0 Å². The Labute approximate surface area is 165 Å². The minimum absolute atomic E-state index is 0.213. The van der Waals surface area contributed by atoms with Crippen LogP contribution in [-0.2, 0) is 4.79 Å². The molecule has 5 nitrogen and oxygen atoms in total. The fourth-order valence-electron chi connectivity index (χ4n) is 2.40. The zero-order valence-corrected chi connectivity index (χ0v) is 16.5. The second-order valence-electron chi connectivity index (χ2n) is 6.54. The monoisotopic (exact) mass is 388 g/mol. The van der Waals surface area contributed by atoms with E-state index in [4.69, 9.17) is 16.3 Å². The van der Waals surface area contributed by atoms with Crippen LogP contribution in [0.3, 0.4) is 0 Å². The third-order valence-electron chi connectivity index (χ3n) is 4.05. The van der Waals surface area contributed by atoms with E-state index in [0.29, 0.717) is 35.3 Å². The van der Waals surface area contributed by atoms with E-state index in [2.05, 4.69) is 24.5 Å². The molecule has 144 valence electrons. The Kier molecular flexibility index (Phi) is 7.67. The average Bonchev–Trinajstić information content (AvgIpc) is 2.65. The minimum Gasteiger partial charge on any atom is -0.481 e. The summed E-state index contributed by atoms with van der Waals surface area (Å²) in [5, 5.41) is 6.07. The quantitative estimate of drug-likeness (QED) is 0.676. The lowest BCUT2D eigenvalue weighted by molar-refractivity contribution is -0.127. The number of carbonyl (C=O) groups excluding carboxylic acids is 2. The van der Waals surface area contributed by atoms with Crippen molar-refractivity contribution in [2.45, 2.75) is 32.8 Å². The molecule has 0 heterocycles. The third-order valence-corrected chi connectivity index (χ3v) is 4.30. The highest BCUT2D eigenvalue weighted by molar-refractivity contribution is 6.30. The maximum atomic E-state index is 12.1. The number of halogens is 1. The molecule has 0 aliphatic heterocycles. The number of benzene rings is 2. The minimum atomic E-state index is -0.623. The summed E-state index contributed by atoms with van der Waals surface area (Å²) >= 11 is 5.80. The lowest BCUT2D eigenvalue weighted by atomic mass is 10.0. The van der Waals surface area contributed by atoms with Crippen LogP contribution in [0.2, 0.25) is 5.02 Å². The van der Waals surface area contributed by atoms with Crippen molar-refractivity contribution in [2.24, 2.45) is 0 Å². The molecule has 0 aliphatic rings. The van der Waals surface area contributed by atoms with E-state index in [-0.39, 0.29) is 11.8 Å². The van der Waals surface area contributed by atoms with Crippen LogP contribution in [0.1, 0.15) is 42.6 Å². The van der Waals surface area contributed by atoms with E-state index in [9.17, 15) is 9.59 Å². The zero-order chi connectivity index (χ0) is 19.8. The van der Waals surface area contributed by atoms with Gasteiger partial charge in [0.1, 0.15) is 5.75 Å². The lowest BCUT2D eigenvalue weighted by Crippen LogP contribution is -2.40. The average molecular weight is 389 g/mol. The molecule has 0 aromatic heterocycles. The molecular weight excluding hydrogens is 364 g/mol. The summed E-state index contributed by atoms with van der Waals surface area (Å²) < 4.78 is 5.66. The molecule has 2 aromatic carbocycles. The SMILES string of the molecule is CC(Oc1ccc(C(C)C)cc1)C(=O)NCCNC(=O)c1ccc(Cl)cc1. The summed E-state index contributed by atoms with van der Waals surface area (Å²) in [6, 6.07) is 14.3. The zero-order valence-electron chi connectivity index (χ0n) is 15.8. The Balaban J connectivity index is 1.71. The number of carbonyl (C=O) groups is 2. The Bertz CT molecular complexity index is 758. The molecule has 0 radical (unpaired) electrons. The van der Waals surface area contributed by atoms with Crippen LogP contribution in [-0.4, -0.2) is 31.0 Å². The molecule has 27 heavy (non-hydrogen) atoms. The van der Waals surface area contributed by atoms with E-state index in [1.54, 1.807) is 31.2 Å². The van der Waals surface area contributed by atoms with E-state index in [0.717, 1.165) is 0 Å². The summed E-state index contributed by atoms with van der Waals surface area (Å²) in [4.78, 5) is 24.1. The van der Waals surface area contributed by atoms with E-state index >= 15 is 0 Å². The second kappa shape index (κ2) is 9.97. The van der Waals surface area contributed by atoms with Gasteiger partial charge in [0, 0.05) is 23.7 Å². The van der Waals surface area contributed by atoms with Crippen LogP contribution in [0.4, 0.5) is 0 Å². The van der Waals surface area contributed by atoms with Crippen molar-refractivity contribution in [1.29, 1.82) is 0 Å². The normalized spacial score (nSPS) is 11.7. The number of amides is 2. The molecule has 1 atom stereocenters. The largest absolute Gasteiger partial charge is 0.481 e. The van der Waals surface area contributed by atoms with Crippen molar-refractivity contribution in [2.75, 3.05) is 13.1 Å². The van der Waals surface area contributed by atoms with Crippen molar-refractivity contribution in [1.82, 2.24) is 10.6 Å². The van der Waals surface area contributed by atoms with Gasteiger partial charge < -0.3 is 15.4 Å². The molecule has 2 aromatic rings. The fraction of sp³-hybridized carbons (Fsp3) is 0.333. The fourth-order valence-corrected chi connectivity index (χ4v) is 2.52. The molecular formula is C21H25ClN2O3. The predicted octanol–water partition coefficient (Wildman–Crippen LogP) is 3.78. The van der Waals surface area contributed by atoms with E-state index in [1.807, 2.05) is 24.3 Å². The van der Waals surface area contributed by atoms with Crippen LogP contribution in [0, 0.1) is 0 Å². The molecule has 0 spiro atoms. The van der Waals surface area contributed by atoms with Crippen LogP contribution in [0.5, 0.6) is 5.75 Å². The smallest absolute Gasteiger partial charge is 0.260 e. The first kappa shape index (κ1) is 20.8. The topological polar surface area (TPSA) is 67.4 Å². The molecule has 0 bridgehead atoms. The van der Waals surface area contributed by atoms with Crippen molar-refractivity contribution in [3.8, 4) is 5.75 Å². The molecule has 0 aliphatic carbocycles. The molecule has 6 heteroatoms. The molecule has 2 rings (SSSR count). The van der Waals surface area contributed by atoms with E-state index < -0.39 is 6.10 Å². The first-order chi connectivity index (χ1) is 12.9. The molecule has 2 amide bonds. The van der Waals surface area contributed by atoms with Gasteiger partial charge in [-0.15, -0.1) is 0 Å². The third kappa shape index (κ3) is 6.61. The summed E-state index contributed by atoms with van der Waals surface area (Å²) in [5.74, 6) is 0.653. The van der Waals surface area contributed by atoms with Gasteiger partial charge in [-0.1, -0.05) is 37.6 Å². The van der Waals surface area contributed by atoms with E-state index in [1.165, 1.54) is 5.56 Å². The van der Waals surface area contributed by atoms with Gasteiger partial charge in [-0.2, -0.15) is 0 Å². The first-order valence-electron chi connectivity index (χ1n) is 8.95. The maximum absolute atomic E-state index is 12.1. The van der Waals surface area contributed by atoms with Gasteiger partial charge in [0.15, 0.2) is 6.10 Å². The number of rotatable bonds is 8. The second-order valence-corrected chi connectivity index (χ2v) is 6.97. The Morgan fingerprint density at radius 1 is 0.926 bits per heavy atom. The summed E-state index contributed by atoms with van der Waals surface area (Å²) in [5.41, 5.74) is 1.74. The van der Waals surface area contributed by atoms with Crippen LogP contribution in [0.15, 0.2) is 48.5 Å². The molecule has 0 saturated heterocycles. The van der Waals surface area contributed by atoms with Crippen LogP contribution >= 0.6 is 11.6 Å². The van der Waals surface area contributed by atoms with Crippen molar-refractivity contribution in [3.63, 3.8) is 0 Å². The molecule has 2 N–H and O–H groups in total. The summed E-state index contributed by atoms with van der Waals surface area (Å²) in [7, 11) is 0. The Morgan fingerprint density at radius 3 is 2.11 bits per heavy atom. The van der Waals surface area contributed by atoms with Gasteiger partial charge in [0.2, 0.25) is 0 Å². The van der Waals surface area contributed by atoms with Crippen molar-refractivity contribution >= 4 is 23.4 Å². The maximum Gasteiger partial charge on any atom is 0.260 e. The van der Waals surface area contributed by atoms with Gasteiger partial charge in [-0.25, -0.2) is 0 Å². The van der Waals surface area contributed by atoms with Crippen LogP contribution < -0.4 is 15.4 Å². The highest BCUT2D eigenvalue weighted by atomic mass is 35.5. The Hall–Kier alpha value is -2.53. The van der Waals surface area contributed by atoms with Gasteiger partial charge >= 0.3 is 0 Å². The molecule has 1 unspecified atom stereocenters. The molecule has 0 saturated carbocycles. The highest BCUT2D eigenvalue weighted by Crippen LogP contribution is 2.19. The van der Waals surface area contributed by atoms with Crippen LogP contribution in [0.25, 0.3) is 0 Å². The van der Waals surface area contributed by atoms with Gasteiger partial charge in [-0.05, 0) is 54.8 Å². The lowest BCUT2D eigenvalue weighted by Gasteiger charge is -2.15. The summed E-state index contributed by atoms with van der Waals surface area (Å²) in [6.45, 7) is 6.58. The highest BCUT2D eigenvalue weighted by Gasteiger charge is 2.14. The van der Waals surface area contributed by atoms with Gasteiger partial charge in [0.25, 0.3) is 11.8 Å². The van der Waals surface area contributed by atoms with Crippen molar-refractivity contribution < 1.29 is 14.3 Å². The predicted molar refractivity (Wildman–Crippen MR) is 107 cm³/mol. The van der Waals surface area contributed by atoms with Crippen molar-refractivity contribution in [3.05, 3.63) is 64.7 Å². The number of hydrogen-bond donors (Lipinski definition) is 2. The number of hydrogen-bond acceptors (Lipinski definition) is 3.